The topological polar surface area (TPSA) is 68.8 Å². The fraction of sp³-hybridized carbons (Fsp3) is 0.684. The Bertz CT molecular complexity index is 844. The van der Waals surface area contributed by atoms with Crippen LogP contribution in [0.15, 0.2) is 12.5 Å². The van der Waals surface area contributed by atoms with Crippen LogP contribution in [0, 0.1) is 18.3 Å². The zero-order valence-electron chi connectivity index (χ0n) is 15.6. The predicted octanol–water partition coefficient (Wildman–Crippen LogP) is 2.14. The Balaban J connectivity index is 1.43. The molecule has 7 nitrogen and oxygen atoms in total. The van der Waals surface area contributed by atoms with Gasteiger partial charge in [0.05, 0.1) is 11.8 Å². The minimum Gasteiger partial charge on any atom is -0.337 e. The average Bonchev–Trinajstić information content (AvgIpc) is 3.01. The number of carbonyl (C=O) groups excluding carboxylic acids is 1. The minimum absolute atomic E-state index is 0.109. The molecule has 1 spiro atoms. The summed E-state index contributed by atoms with van der Waals surface area (Å²) in [4.78, 5) is 15.2. The first-order valence-corrected chi connectivity index (χ1v) is 9.73. The fourth-order valence-corrected chi connectivity index (χ4v) is 4.75. The Hall–Kier alpha value is -2.18. The summed E-state index contributed by atoms with van der Waals surface area (Å²) in [6.45, 7) is 4.57. The van der Waals surface area contributed by atoms with Crippen molar-refractivity contribution >= 4 is 5.91 Å². The van der Waals surface area contributed by atoms with E-state index in [1.54, 1.807) is 10.9 Å². The third-order valence-corrected chi connectivity index (χ3v) is 6.86. The summed E-state index contributed by atoms with van der Waals surface area (Å²) >= 11 is 0. The molecular formula is C19H26N6O. The lowest BCUT2D eigenvalue weighted by Gasteiger charge is -2.42. The highest BCUT2D eigenvalue weighted by Gasteiger charge is 2.54. The number of aryl methyl sites for hydroxylation is 1. The van der Waals surface area contributed by atoms with Crippen LogP contribution >= 0.6 is 0 Å². The Morgan fingerprint density at radius 2 is 2.15 bits per heavy atom. The van der Waals surface area contributed by atoms with Gasteiger partial charge < -0.3 is 9.47 Å². The Morgan fingerprint density at radius 1 is 1.35 bits per heavy atom. The molecule has 0 N–H and O–H groups in total. The molecule has 2 aliphatic carbocycles. The van der Waals surface area contributed by atoms with Crippen molar-refractivity contribution in [1.82, 2.24) is 29.4 Å². The number of likely N-dealkylation sites (tertiary alicyclic amines) is 1. The molecular weight excluding hydrogens is 328 g/mol. The molecule has 7 heteroatoms. The highest BCUT2D eigenvalue weighted by molar-refractivity contribution is 5.95. The maximum absolute atomic E-state index is 13.1. The maximum Gasteiger partial charge on any atom is 0.257 e. The van der Waals surface area contributed by atoms with Crippen LogP contribution in [-0.2, 0) is 13.6 Å². The second-order valence-corrected chi connectivity index (χ2v) is 8.51. The second-order valence-electron chi connectivity index (χ2n) is 8.51. The first-order chi connectivity index (χ1) is 12.6. The molecule has 5 rings (SSSR count). The van der Waals surface area contributed by atoms with E-state index in [0.717, 1.165) is 42.6 Å². The Labute approximate surface area is 153 Å². The van der Waals surface area contributed by atoms with E-state index in [4.69, 9.17) is 0 Å². The molecule has 1 unspecified atom stereocenters. The summed E-state index contributed by atoms with van der Waals surface area (Å²) in [6, 6.07) is 0. The maximum atomic E-state index is 13.1. The minimum atomic E-state index is 0.109. The van der Waals surface area contributed by atoms with Gasteiger partial charge >= 0.3 is 0 Å². The van der Waals surface area contributed by atoms with Gasteiger partial charge in [-0.05, 0) is 43.9 Å². The molecule has 138 valence electrons. The number of nitrogens with zero attached hydrogens (tertiary/aromatic N) is 6. The van der Waals surface area contributed by atoms with Crippen LogP contribution in [0.2, 0.25) is 0 Å². The molecule has 0 aromatic carbocycles. The molecule has 1 atom stereocenters. The zero-order valence-corrected chi connectivity index (χ0v) is 15.6. The van der Waals surface area contributed by atoms with Crippen LogP contribution in [0.5, 0.6) is 0 Å². The molecule has 1 amide bonds. The van der Waals surface area contributed by atoms with Crippen molar-refractivity contribution in [3.63, 3.8) is 0 Å². The lowest BCUT2D eigenvalue weighted by atomic mass is 9.62. The van der Waals surface area contributed by atoms with Crippen molar-refractivity contribution in [2.24, 2.45) is 18.4 Å². The Kier molecular flexibility index (Phi) is 3.49. The van der Waals surface area contributed by atoms with Crippen molar-refractivity contribution in [1.29, 1.82) is 0 Å². The van der Waals surface area contributed by atoms with Crippen LogP contribution in [-0.4, -0.2) is 48.4 Å². The highest BCUT2D eigenvalue weighted by Crippen LogP contribution is 2.55. The highest BCUT2D eigenvalue weighted by atomic mass is 16.2. The van der Waals surface area contributed by atoms with Crippen LogP contribution in [0.4, 0.5) is 0 Å². The molecule has 3 heterocycles. The lowest BCUT2D eigenvalue weighted by Crippen LogP contribution is -2.38. The van der Waals surface area contributed by atoms with Crippen molar-refractivity contribution in [2.45, 2.75) is 51.5 Å². The van der Waals surface area contributed by atoms with E-state index in [1.165, 1.54) is 32.1 Å². The molecule has 2 aromatic rings. The van der Waals surface area contributed by atoms with Crippen LogP contribution in [0.1, 0.15) is 59.9 Å². The molecule has 1 aliphatic heterocycles. The monoisotopic (exact) mass is 354 g/mol. The van der Waals surface area contributed by atoms with E-state index in [1.807, 2.05) is 25.2 Å². The summed E-state index contributed by atoms with van der Waals surface area (Å²) in [6.07, 6.45) is 9.84. The van der Waals surface area contributed by atoms with Crippen LogP contribution in [0.3, 0.4) is 0 Å². The summed E-state index contributed by atoms with van der Waals surface area (Å²) in [5.41, 5.74) is 1.85. The molecule has 0 bridgehead atoms. The Morgan fingerprint density at radius 3 is 2.77 bits per heavy atom. The van der Waals surface area contributed by atoms with Crippen molar-refractivity contribution in [2.75, 3.05) is 13.1 Å². The molecule has 3 fully saturated rings. The summed E-state index contributed by atoms with van der Waals surface area (Å²) < 4.78 is 4.03. The van der Waals surface area contributed by atoms with Crippen molar-refractivity contribution in [3.05, 3.63) is 29.6 Å². The normalized spacial score (nSPS) is 24.2. The summed E-state index contributed by atoms with van der Waals surface area (Å²) in [5, 5.41) is 13.0. The number of aromatic nitrogens is 5. The number of hydrogen-bond donors (Lipinski definition) is 0. The van der Waals surface area contributed by atoms with Crippen LogP contribution < -0.4 is 0 Å². The van der Waals surface area contributed by atoms with Gasteiger partial charge in [0, 0.05) is 38.3 Å². The number of rotatable bonds is 4. The molecule has 2 saturated carbocycles. The number of hydrogen-bond acceptors (Lipinski definition) is 4. The summed E-state index contributed by atoms with van der Waals surface area (Å²) in [7, 11) is 1.88. The largest absolute Gasteiger partial charge is 0.337 e. The van der Waals surface area contributed by atoms with Gasteiger partial charge in [0.2, 0.25) is 0 Å². The van der Waals surface area contributed by atoms with Crippen molar-refractivity contribution in [3.8, 4) is 0 Å². The van der Waals surface area contributed by atoms with E-state index < -0.39 is 0 Å². The van der Waals surface area contributed by atoms with Gasteiger partial charge in [0.25, 0.3) is 5.91 Å². The first kappa shape index (κ1) is 16.0. The summed E-state index contributed by atoms with van der Waals surface area (Å²) in [5.74, 6) is 2.30. The third-order valence-electron chi connectivity index (χ3n) is 6.86. The van der Waals surface area contributed by atoms with Gasteiger partial charge in [-0.15, -0.1) is 10.2 Å². The molecule has 26 heavy (non-hydrogen) atoms. The molecule has 3 aliphatic rings. The first-order valence-electron chi connectivity index (χ1n) is 9.73. The van der Waals surface area contributed by atoms with E-state index in [9.17, 15) is 4.79 Å². The number of carbonyl (C=O) groups is 1. The van der Waals surface area contributed by atoms with Crippen LogP contribution in [0.25, 0.3) is 0 Å². The van der Waals surface area contributed by atoms with E-state index >= 15 is 0 Å². The SMILES string of the molecule is Cc1c(C(=O)N2CC(c3nncn3CC3CC3)C3(CCC3)C2)cnn1C. The van der Waals surface area contributed by atoms with Gasteiger partial charge in [-0.1, -0.05) is 6.42 Å². The van der Waals surface area contributed by atoms with Gasteiger partial charge in [-0.3, -0.25) is 9.48 Å². The van der Waals surface area contributed by atoms with E-state index in [2.05, 4.69) is 19.9 Å². The second kappa shape index (κ2) is 5.66. The van der Waals surface area contributed by atoms with E-state index in [0.29, 0.717) is 5.92 Å². The lowest BCUT2D eigenvalue weighted by molar-refractivity contribution is 0.0722. The molecule has 0 radical (unpaired) electrons. The van der Waals surface area contributed by atoms with Crippen molar-refractivity contribution < 1.29 is 4.79 Å². The standard InChI is InChI=1S/C19H26N6O/c1-13-15(8-21-23(13)2)18(26)24-10-16(19(11-24)6-3-7-19)17-22-20-12-25(17)9-14-4-5-14/h8,12,14,16H,3-7,9-11H2,1-2H3. The fourth-order valence-electron chi connectivity index (χ4n) is 4.75. The average molecular weight is 354 g/mol. The smallest absolute Gasteiger partial charge is 0.257 e. The van der Waals surface area contributed by atoms with E-state index in [-0.39, 0.29) is 11.3 Å². The van der Waals surface area contributed by atoms with Gasteiger partial charge in [0.1, 0.15) is 12.2 Å². The van der Waals surface area contributed by atoms with Gasteiger partial charge in [-0.25, -0.2) is 0 Å². The third kappa shape index (κ3) is 2.40. The quantitative estimate of drug-likeness (QED) is 0.843. The molecule has 2 aromatic heterocycles. The molecule has 1 saturated heterocycles. The van der Waals surface area contributed by atoms with Gasteiger partial charge in [-0.2, -0.15) is 5.10 Å². The van der Waals surface area contributed by atoms with Gasteiger partial charge in [0.15, 0.2) is 0 Å². The number of amides is 1. The zero-order chi connectivity index (χ0) is 17.9. The predicted molar refractivity (Wildman–Crippen MR) is 95.6 cm³/mol.